The van der Waals surface area contributed by atoms with Gasteiger partial charge in [-0.1, -0.05) is 0 Å². The number of nitrogens with one attached hydrogen (secondary N) is 1. The van der Waals surface area contributed by atoms with Crippen molar-refractivity contribution in [1.29, 1.82) is 0 Å². The van der Waals surface area contributed by atoms with E-state index in [1.807, 2.05) is 20.8 Å². The minimum Gasteiger partial charge on any atom is -0.312 e. The van der Waals surface area contributed by atoms with Crippen LogP contribution in [0.25, 0.3) is 0 Å². The molecule has 10 heteroatoms. The normalized spacial score (nSPS) is 14.0. The maximum Gasteiger partial charge on any atom is 0.406 e. The molecule has 1 rings (SSSR count). The van der Waals surface area contributed by atoms with Crippen molar-refractivity contribution in [2.45, 2.75) is 51.0 Å². The molecule has 0 saturated carbocycles. The molecule has 1 N–H and O–H groups in total. The first-order valence-corrected chi connectivity index (χ1v) is 6.83. The molecule has 0 atom stereocenters. The smallest absolute Gasteiger partial charge is 0.312 e. The molecule has 1 aromatic rings. The first kappa shape index (κ1) is 18.1. The topological polar surface area (TPSA) is 37.8 Å². The van der Waals surface area contributed by atoms with E-state index < -0.39 is 23.3 Å². The van der Waals surface area contributed by atoms with Gasteiger partial charge in [0.05, 0.1) is 0 Å². The first-order valence-electron chi connectivity index (χ1n) is 6.01. The lowest BCUT2D eigenvalue weighted by atomic mass is 10.1. The second-order valence-corrected chi connectivity index (χ2v) is 6.57. The third-order valence-electron chi connectivity index (χ3n) is 2.38. The van der Waals surface area contributed by atoms with Gasteiger partial charge in [-0.05, 0) is 20.8 Å². The van der Waals surface area contributed by atoms with Gasteiger partial charge in [-0.2, -0.15) is 26.3 Å². The Balaban J connectivity index is 2.81. The summed E-state index contributed by atoms with van der Waals surface area (Å²) in [5.41, 5.74) is -0.200. The quantitative estimate of drug-likeness (QED) is 0.853. The molecule has 122 valence electrons. The minimum absolute atomic E-state index is 0.139. The Labute approximate surface area is 121 Å². The van der Waals surface area contributed by atoms with Gasteiger partial charge in [-0.15, -0.1) is 21.5 Å². The lowest BCUT2D eigenvalue weighted by Gasteiger charge is -2.20. The Morgan fingerprint density at radius 3 is 1.95 bits per heavy atom. The molecule has 0 fully saturated rings. The summed E-state index contributed by atoms with van der Waals surface area (Å²) in [6, 6.07) is 0. The summed E-state index contributed by atoms with van der Waals surface area (Å²) in [5.74, 6) is -3.58. The van der Waals surface area contributed by atoms with Crippen molar-refractivity contribution in [1.82, 2.24) is 15.5 Å². The average Bonchev–Trinajstić information content (AvgIpc) is 2.59. The molecule has 0 unspecified atom stereocenters. The van der Waals surface area contributed by atoms with Crippen LogP contribution in [0.1, 0.15) is 36.7 Å². The summed E-state index contributed by atoms with van der Waals surface area (Å²) in [6.07, 6.45) is -10.6. The van der Waals surface area contributed by atoms with Gasteiger partial charge in [0, 0.05) is 18.5 Å². The fraction of sp³-hybridized carbons (Fsp3) is 0.818. The van der Waals surface area contributed by atoms with E-state index >= 15 is 0 Å². The summed E-state index contributed by atoms with van der Waals surface area (Å²) in [6.45, 7) is 6.06. The molecule has 0 saturated heterocycles. The van der Waals surface area contributed by atoms with Gasteiger partial charge in [0.15, 0.2) is 0 Å². The highest BCUT2D eigenvalue weighted by atomic mass is 32.1. The molecular weight excluding hydrogens is 320 g/mol. The van der Waals surface area contributed by atoms with Crippen molar-refractivity contribution in [2.75, 3.05) is 6.54 Å². The summed E-state index contributed by atoms with van der Waals surface area (Å²) in [4.78, 5) is 0. The monoisotopic (exact) mass is 335 g/mol. The van der Waals surface area contributed by atoms with E-state index in [-0.39, 0.29) is 17.0 Å². The average molecular weight is 335 g/mol. The Morgan fingerprint density at radius 2 is 1.52 bits per heavy atom. The van der Waals surface area contributed by atoms with Gasteiger partial charge in [-0.25, -0.2) is 0 Å². The zero-order valence-electron chi connectivity index (χ0n) is 11.6. The Bertz CT molecular complexity index is 446. The van der Waals surface area contributed by atoms with Gasteiger partial charge < -0.3 is 5.32 Å². The molecule has 1 heterocycles. The van der Waals surface area contributed by atoms with Crippen molar-refractivity contribution in [3.05, 3.63) is 10.0 Å². The van der Waals surface area contributed by atoms with E-state index in [1.54, 1.807) is 0 Å². The van der Waals surface area contributed by atoms with E-state index in [2.05, 4.69) is 15.5 Å². The van der Waals surface area contributed by atoms with Crippen LogP contribution in [0.2, 0.25) is 0 Å². The van der Waals surface area contributed by atoms with E-state index in [1.165, 1.54) is 0 Å². The van der Waals surface area contributed by atoms with E-state index in [0.717, 1.165) is 0 Å². The number of halogens is 6. The third-order valence-corrected chi connectivity index (χ3v) is 3.43. The van der Waals surface area contributed by atoms with E-state index in [0.29, 0.717) is 17.9 Å². The summed E-state index contributed by atoms with van der Waals surface area (Å²) < 4.78 is 75.2. The Kier molecular flexibility index (Phi) is 5.25. The van der Waals surface area contributed by atoms with Crippen LogP contribution in [-0.2, 0) is 6.42 Å². The predicted octanol–water partition coefficient (Wildman–Crippen LogP) is 3.68. The SMILES string of the molecule is CC(C)(C)NCCc1nnc(C(C(F)(F)F)C(F)(F)F)s1. The van der Waals surface area contributed by atoms with Crippen molar-refractivity contribution in [2.24, 2.45) is 0 Å². The lowest BCUT2D eigenvalue weighted by Crippen LogP contribution is -2.37. The van der Waals surface area contributed by atoms with Crippen LogP contribution in [0.4, 0.5) is 26.3 Å². The standard InChI is InChI=1S/C11H15F6N3S/c1-9(2,3)18-5-4-6-19-20-8(21-6)7(10(12,13)14)11(15,16)17/h7,18H,4-5H2,1-3H3. The van der Waals surface area contributed by atoms with Crippen molar-refractivity contribution in [3.8, 4) is 0 Å². The van der Waals surface area contributed by atoms with Gasteiger partial charge in [0.25, 0.3) is 0 Å². The van der Waals surface area contributed by atoms with Crippen LogP contribution >= 0.6 is 11.3 Å². The van der Waals surface area contributed by atoms with Crippen LogP contribution in [0.15, 0.2) is 0 Å². The molecule has 3 nitrogen and oxygen atoms in total. The predicted molar refractivity (Wildman–Crippen MR) is 66.2 cm³/mol. The molecule has 0 amide bonds. The van der Waals surface area contributed by atoms with Crippen LogP contribution < -0.4 is 5.32 Å². The zero-order chi connectivity index (χ0) is 16.5. The number of alkyl halides is 6. The largest absolute Gasteiger partial charge is 0.406 e. The van der Waals surface area contributed by atoms with Crippen LogP contribution in [0.3, 0.4) is 0 Å². The molecule has 0 radical (unpaired) electrons. The number of rotatable bonds is 4. The molecule has 0 bridgehead atoms. The minimum atomic E-state index is -5.43. The second-order valence-electron chi connectivity index (χ2n) is 5.48. The van der Waals surface area contributed by atoms with Crippen LogP contribution in [-0.4, -0.2) is 34.6 Å². The van der Waals surface area contributed by atoms with Crippen molar-refractivity contribution < 1.29 is 26.3 Å². The van der Waals surface area contributed by atoms with Crippen LogP contribution in [0.5, 0.6) is 0 Å². The molecule has 21 heavy (non-hydrogen) atoms. The zero-order valence-corrected chi connectivity index (χ0v) is 12.4. The van der Waals surface area contributed by atoms with Gasteiger partial charge in [-0.3, -0.25) is 0 Å². The lowest BCUT2D eigenvalue weighted by molar-refractivity contribution is -0.253. The second kappa shape index (κ2) is 6.07. The van der Waals surface area contributed by atoms with Crippen LogP contribution in [0, 0.1) is 0 Å². The summed E-state index contributed by atoms with van der Waals surface area (Å²) in [7, 11) is 0. The molecule has 0 aromatic carbocycles. The maximum absolute atomic E-state index is 12.5. The Hall–Kier alpha value is -0.900. The summed E-state index contributed by atoms with van der Waals surface area (Å²) >= 11 is 0.343. The third kappa shape index (κ3) is 5.77. The van der Waals surface area contributed by atoms with Gasteiger partial charge in [0.2, 0.25) is 5.92 Å². The number of hydrogen-bond acceptors (Lipinski definition) is 4. The molecule has 0 aliphatic rings. The van der Waals surface area contributed by atoms with E-state index in [4.69, 9.17) is 0 Å². The molecule has 0 aliphatic heterocycles. The van der Waals surface area contributed by atoms with Gasteiger partial charge in [0.1, 0.15) is 10.0 Å². The summed E-state index contributed by atoms with van der Waals surface area (Å²) in [5, 5.41) is 8.61. The van der Waals surface area contributed by atoms with Crippen molar-refractivity contribution in [3.63, 3.8) is 0 Å². The van der Waals surface area contributed by atoms with Crippen molar-refractivity contribution >= 4 is 11.3 Å². The molecule has 0 aliphatic carbocycles. The number of aromatic nitrogens is 2. The fourth-order valence-corrected chi connectivity index (χ4v) is 2.49. The first-order chi connectivity index (χ1) is 9.31. The van der Waals surface area contributed by atoms with Gasteiger partial charge >= 0.3 is 12.4 Å². The highest BCUT2D eigenvalue weighted by Crippen LogP contribution is 2.46. The highest BCUT2D eigenvalue weighted by Gasteiger charge is 2.59. The maximum atomic E-state index is 12.5. The number of hydrogen-bond donors (Lipinski definition) is 1. The molecular formula is C11H15F6N3S. The fourth-order valence-electron chi connectivity index (χ4n) is 1.49. The Morgan fingerprint density at radius 1 is 1.00 bits per heavy atom. The molecule has 0 spiro atoms. The highest BCUT2D eigenvalue weighted by molar-refractivity contribution is 7.11. The van der Waals surface area contributed by atoms with E-state index in [9.17, 15) is 26.3 Å². The molecule has 1 aromatic heterocycles. The number of nitrogens with zero attached hydrogens (tertiary/aromatic N) is 2.